The first-order valence-electron chi connectivity index (χ1n) is 7.18. The molecule has 1 aliphatic rings. The van der Waals surface area contributed by atoms with E-state index in [1.54, 1.807) is 23.8 Å². The lowest BCUT2D eigenvalue weighted by atomic mass is 10.1. The molecule has 6 nitrogen and oxygen atoms in total. The summed E-state index contributed by atoms with van der Waals surface area (Å²) in [5.41, 5.74) is 0.525. The Labute approximate surface area is 122 Å². The van der Waals surface area contributed by atoms with Crippen molar-refractivity contribution in [2.24, 2.45) is 0 Å². The molecule has 0 saturated heterocycles. The van der Waals surface area contributed by atoms with Gasteiger partial charge in [0.1, 0.15) is 17.7 Å². The van der Waals surface area contributed by atoms with E-state index >= 15 is 0 Å². The number of aromatic nitrogens is 3. The number of hydrogen-bond donors (Lipinski definition) is 1. The largest absolute Gasteiger partial charge is 0.496 e. The van der Waals surface area contributed by atoms with Crippen LogP contribution in [0.2, 0.25) is 0 Å². The molecule has 1 atom stereocenters. The van der Waals surface area contributed by atoms with Gasteiger partial charge in [0.25, 0.3) is 0 Å². The first-order chi connectivity index (χ1) is 10.2. The van der Waals surface area contributed by atoms with E-state index in [9.17, 15) is 9.90 Å². The average molecular weight is 289 g/mol. The Kier molecular flexibility index (Phi) is 3.79. The fourth-order valence-electron chi connectivity index (χ4n) is 2.77. The number of aliphatic hydroxyl groups excluding tert-OH is 1. The SMILES string of the molecule is COc1ccccc1C(O)Cn1nc2n(c1=O)CCCC2. The zero-order chi connectivity index (χ0) is 14.8. The number of hydrogen-bond acceptors (Lipinski definition) is 4. The molecular formula is C15H19N3O3. The van der Waals surface area contributed by atoms with Crippen LogP contribution in [0.4, 0.5) is 0 Å². The van der Waals surface area contributed by atoms with Crippen molar-refractivity contribution in [1.82, 2.24) is 14.3 Å². The van der Waals surface area contributed by atoms with Gasteiger partial charge in [0.2, 0.25) is 0 Å². The Morgan fingerprint density at radius 2 is 2.19 bits per heavy atom. The highest BCUT2D eigenvalue weighted by atomic mass is 16.5. The van der Waals surface area contributed by atoms with Crippen LogP contribution in [-0.4, -0.2) is 26.6 Å². The minimum Gasteiger partial charge on any atom is -0.496 e. The smallest absolute Gasteiger partial charge is 0.346 e. The molecule has 0 saturated carbocycles. The lowest BCUT2D eigenvalue weighted by Gasteiger charge is -2.14. The first kappa shape index (κ1) is 13.9. The van der Waals surface area contributed by atoms with Crippen LogP contribution in [0.1, 0.15) is 30.3 Å². The second kappa shape index (κ2) is 5.73. The van der Waals surface area contributed by atoms with Crippen LogP contribution < -0.4 is 10.4 Å². The Morgan fingerprint density at radius 1 is 1.38 bits per heavy atom. The fraction of sp³-hybridized carbons (Fsp3) is 0.467. The average Bonchev–Trinajstić information content (AvgIpc) is 2.84. The number of aryl methyl sites for hydroxylation is 1. The molecule has 0 amide bonds. The summed E-state index contributed by atoms with van der Waals surface area (Å²) in [7, 11) is 1.56. The van der Waals surface area contributed by atoms with E-state index in [0.717, 1.165) is 31.6 Å². The van der Waals surface area contributed by atoms with Gasteiger partial charge in [-0.3, -0.25) is 4.57 Å². The summed E-state index contributed by atoms with van der Waals surface area (Å²) in [6, 6.07) is 7.27. The van der Waals surface area contributed by atoms with Crippen molar-refractivity contribution in [3.05, 3.63) is 46.1 Å². The molecule has 3 rings (SSSR count). The zero-order valence-electron chi connectivity index (χ0n) is 12.0. The van der Waals surface area contributed by atoms with E-state index < -0.39 is 6.10 Å². The lowest BCUT2D eigenvalue weighted by molar-refractivity contribution is 0.146. The van der Waals surface area contributed by atoms with Gasteiger partial charge in [0.05, 0.1) is 13.7 Å². The van der Waals surface area contributed by atoms with Crippen LogP contribution in [0, 0.1) is 0 Å². The minimum atomic E-state index is -0.823. The molecule has 1 aromatic carbocycles. The van der Waals surface area contributed by atoms with Gasteiger partial charge in [0, 0.05) is 18.5 Å². The number of rotatable bonds is 4. The van der Waals surface area contributed by atoms with Crippen molar-refractivity contribution in [2.45, 2.75) is 38.5 Å². The summed E-state index contributed by atoms with van der Waals surface area (Å²) < 4.78 is 8.31. The Bertz CT molecular complexity index is 690. The van der Waals surface area contributed by atoms with Gasteiger partial charge in [-0.05, 0) is 18.9 Å². The molecule has 1 unspecified atom stereocenters. The van der Waals surface area contributed by atoms with E-state index in [0.29, 0.717) is 11.3 Å². The van der Waals surface area contributed by atoms with Crippen molar-refractivity contribution in [2.75, 3.05) is 7.11 Å². The molecule has 0 radical (unpaired) electrons. The number of benzene rings is 1. The van der Waals surface area contributed by atoms with Gasteiger partial charge in [-0.25, -0.2) is 9.48 Å². The predicted octanol–water partition coefficient (Wildman–Crippen LogP) is 1.12. The molecule has 1 N–H and O–H groups in total. The molecule has 1 aliphatic heterocycles. The van der Waals surface area contributed by atoms with E-state index in [1.165, 1.54) is 4.68 Å². The number of fused-ring (bicyclic) bond motifs is 1. The maximum atomic E-state index is 12.3. The Balaban J connectivity index is 1.86. The third-order valence-electron chi connectivity index (χ3n) is 3.88. The van der Waals surface area contributed by atoms with E-state index in [1.807, 2.05) is 12.1 Å². The summed E-state index contributed by atoms with van der Waals surface area (Å²) in [6.07, 6.45) is 2.07. The van der Waals surface area contributed by atoms with Crippen molar-refractivity contribution in [1.29, 1.82) is 0 Å². The summed E-state index contributed by atoms with van der Waals surface area (Å²) >= 11 is 0. The van der Waals surface area contributed by atoms with E-state index in [4.69, 9.17) is 4.74 Å². The van der Waals surface area contributed by atoms with Crippen LogP contribution in [0.5, 0.6) is 5.75 Å². The molecule has 6 heteroatoms. The third-order valence-corrected chi connectivity index (χ3v) is 3.88. The maximum Gasteiger partial charge on any atom is 0.346 e. The highest BCUT2D eigenvalue weighted by Gasteiger charge is 2.20. The molecule has 0 fully saturated rings. The molecule has 112 valence electrons. The fourth-order valence-corrected chi connectivity index (χ4v) is 2.77. The standard InChI is InChI=1S/C15H19N3O3/c1-21-13-7-3-2-6-11(13)12(19)10-18-15(20)17-9-5-4-8-14(17)16-18/h2-3,6-7,12,19H,4-5,8-10H2,1H3. The molecule has 21 heavy (non-hydrogen) atoms. The number of methoxy groups -OCH3 is 1. The molecule has 0 bridgehead atoms. The van der Waals surface area contributed by atoms with Crippen molar-refractivity contribution in [3.63, 3.8) is 0 Å². The van der Waals surface area contributed by atoms with Gasteiger partial charge >= 0.3 is 5.69 Å². The molecule has 0 aliphatic carbocycles. The molecular weight excluding hydrogens is 270 g/mol. The van der Waals surface area contributed by atoms with Crippen LogP contribution >= 0.6 is 0 Å². The lowest BCUT2D eigenvalue weighted by Crippen LogP contribution is -2.28. The Hall–Kier alpha value is -2.08. The highest BCUT2D eigenvalue weighted by Crippen LogP contribution is 2.25. The molecule has 2 heterocycles. The third kappa shape index (κ3) is 2.58. The van der Waals surface area contributed by atoms with Gasteiger partial charge in [0.15, 0.2) is 0 Å². The molecule has 1 aromatic heterocycles. The first-order valence-corrected chi connectivity index (χ1v) is 7.18. The second-order valence-corrected chi connectivity index (χ2v) is 5.25. The van der Waals surface area contributed by atoms with Crippen LogP contribution in [0.3, 0.4) is 0 Å². The normalized spacial score (nSPS) is 15.5. The zero-order valence-corrected chi connectivity index (χ0v) is 12.0. The predicted molar refractivity (Wildman–Crippen MR) is 77.4 cm³/mol. The topological polar surface area (TPSA) is 69.3 Å². The van der Waals surface area contributed by atoms with Crippen molar-refractivity contribution in [3.8, 4) is 5.75 Å². The van der Waals surface area contributed by atoms with Gasteiger partial charge in [-0.2, -0.15) is 5.10 Å². The second-order valence-electron chi connectivity index (χ2n) is 5.25. The van der Waals surface area contributed by atoms with E-state index in [2.05, 4.69) is 5.10 Å². The summed E-state index contributed by atoms with van der Waals surface area (Å²) in [4.78, 5) is 12.3. The number of ether oxygens (including phenoxy) is 1. The summed E-state index contributed by atoms with van der Waals surface area (Å²) in [5, 5.41) is 14.7. The van der Waals surface area contributed by atoms with Gasteiger partial charge in [-0.15, -0.1) is 0 Å². The van der Waals surface area contributed by atoms with Crippen LogP contribution in [-0.2, 0) is 19.5 Å². The van der Waals surface area contributed by atoms with E-state index in [-0.39, 0.29) is 12.2 Å². The molecule has 0 spiro atoms. The number of nitrogens with zero attached hydrogens (tertiary/aromatic N) is 3. The van der Waals surface area contributed by atoms with Gasteiger partial charge in [-0.1, -0.05) is 18.2 Å². The van der Waals surface area contributed by atoms with Gasteiger partial charge < -0.3 is 9.84 Å². The monoisotopic (exact) mass is 289 g/mol. The maximum absolute atomic E-state index is 12.3. The van der Waals surface area contributed by atoms with Crippen LogP contribution in [0.15, 0.2) is 29.1 Å². The quantitative estimate of drug-likeness (QED) is 0.916. The number of aliphatic hydroxyl groups is 1. The van der Waals surface area contributed by atoms with Crippen molar-refractivity contribution < 1.29 is 9.84 Å². The minimum absolute atomic E-state index is 0.138. The summed E-state index contributed by atoms with van der Waals surface area (Å²) in [5.74, 6) is 1.43. The summed E-state index contributed by atoms with van der Waals surface area (Å²) in [6.45, 7) is 0.859. The number of para-hydroxylation sites is 1. The highest BCUT2D eigenvalue weighted by molar-refractivity contribution is 5.34. The Morgan fingerprint density at radius 3 is 2.95 bits per heavy atom. The molecule has 2 aromatic rings. The van der Waals surface area contributed by atoms with Crippen molar-refractivity contribution >= 4 is 0 Å². The van der Waals surface area contributed by atoms with Crippen LogP contribution in [0.25, 0.3) is 0 Å².